The molecule has 0 aliphatic carbocycles. The lowest BCUT2D eigenvalue weighted by atomic mass is 10.3. The molecule has 0 unspecified atom stereocenters. The molecule has 2 aromatic heterocycles. The fourth-order valence-corrected chi connectivity index (χ4v) is 1.83. The van der Waals surface area contributed by atoms with Crippen molar-refractivity contribution in [1.82, 2.24) is 24.9 Å². The highest BCUT2D eigenvalue weighted by atomic mass is 35.5. The lowest BCUT2D eigenvalue weighted by molar-refractivity contribution is 0.121. The average Bonchev–Trinajstić information content (AvgIpc) is 2.98. The van der Waals surface area contributed by atoms with Gasteiger partial charge in [-0.3, -0.25) is 9.36 Å². The van der Waals surface area contributed by atoms with E-state index in [1.165, 1.54) is 4.68 Å². The second-order valence-electron chi connectivity index (χ2n) is 4.95. The zero-order chi connectivity index (χ0) is 14.5. The summed E-state index contributed by atoms with van der Waals surface area (Å²) in [7, 11) is 0. The summed E-state index contributed by atoms with van der Waals surface area (Å²) >= 11 is 0. The van der Waals surface area contributed by atoms with Gasteiger partial charge in [-0.15, -0.1) is 12.4 Å². The molecule has 0 amide bonds. The molecule has 0 aromatic carbocycles. The summed E-state index contributed by atoms with van der Waals surface area (Å²) < 4.78 is 27.5. The minimum Gasteiger partial charge on any atom is -0.307 e. The molecule has 0 fully saturated rings. The van der Waals surface area contributed by atoms with Crippen molar-refractivity contribution in [2.75, 3.05) is 0 Å². The molecule has 0 atom stereocenters. The molecule has 1 N–H and O–H groups in total. The predicted octanol–water partition coefficient (Wildman–Crippen LogP) is 2.64. The van der Waals surface area contributed by atoms with Crippen LogP contribution in [-0.4, -0.2) is 26.0 Å². The van der Waals surface area contributed by atoms with E-state index in [0.717, 1.165) is 11.3 Å². The summed E-state index contributed by atoms with van der Waals surface area (Å²) in [5.74, 6) is 0. The molecule has 8 heteroatoms. The lowest BCUT2D eigenvalue weighted by Crippen LogP contribution is -2.14. The standard InChI is InChI=1S/C13H19F2N5.ClH/c1-10(2)20-8-11(6-17-20)5-16-7-12-3-4-19(18-12)9-13(14)15;/h3-4,6,8,10,13,16H,5,7,9H2,1-2H3;1H. The van der Waals surface area contributed by atoms with E-state index in [9.17, 15) is 8.78 Å². The Morgan fingerprint density at radius 3 is 2.67 bits per heavy atom. The largest absolute Gasteiger partial charge is 0.307 e. The Morgan fingerprint density at radius 1 is 1.29 bits per heavy atom. The first-order valence-corrected chi connectivity index (χ1v) is 6.59. The highest BCUT2D eigenvalue weighted by Crippen LogP contribution is 2.05. The Balaban J connectivity index is 0.00000220. The molecule has 0 radical (unpaired) electrons. The van der Waals surface area contributed by atoms with Gasteiger partial charge in [-0.2, -0.15) is 10.2 Å². The lowest BCUT2D eigenvalue weighted by Gasteiger charge is -2.03. The van der Waals surface area contributed by atoms with E-state index in [2.05, 4.69) is 29.4 Å². The van der Waals surface area contributed by atoms with Crippen LogP contribution in [0.15, 0.2) is 24.7 Å². The van der Waals surface area contributed by atoms with Crippen molar-refractivity contribution in [3.8, 4) is 0 Å². The van der Waals surface area contributed by atoms with Crippen LogP contribution in [0.2, 0.25) is 0 Å². The summed E-state index contributed by atoms with van der Waals surface area (Å²) in [5.41, 5.74) is 1.84. The third kappa shape index (κ3) is 5.43. The molecule has 118 valence electrons. The number of aromatic nitrogens is 4. The van der Waals surface area contributed by atoms with Gasteiger partial charge in [0.15, 0.2) is 0 Å². The third-order valence-corrected chi connectivity index (χ3v) is 2.84. The molecule has 2 heterocycles. The Bertz CT molecular complexity index is 538. The summed E-state index contributed by atoms with van der Waals surface area (Å²) in [5, 5.41) is 11.5. The first-order valence-electron chi connectivity index (χ1n) is 6.59. The molecule has 5 nitrogen and oxygen atoms in total. The third-order valence-electron chi connectivity index (χ3n) is 2.84. The van der Waals surface area contributed by atoms with Crippen LogP contribution in [-0.2, 0) is 19.6 Å². The van der Waals surface area contributed by atoms with Crippen molar-refractivity contribution in [2.24, 2.45) is 0 Å². The summed E-state index contributed by atoms with van der Waals surface area (Å²) in [6.07, 6.45) is 3.01. The maximum atomic E-state index is 12.2. The molecule has 0 aliphatic rings. The van der Waals surface area contributed by atoms with Gasteiger partial charge in [0.1, 0.15) is 6.54 Å². The average molecular weight is 320 g/mol. The van der Waals surface area contributed by atoms with Crippen LogP contribution >= 0.6 is 12.4 Å². The fourth-order valence-electron chi connectivity index (χ4n) is 1.83. The van der Waals surface area contributed by atoms with Gasteiger partial charge in [0, 0.05) is 37.1 Å². The highest BCUT2D eigenvalue weighted by Gasteiger charge is 2.06. The fraction of sp³-hybridized carbons (Fsp3) is 0.538. The quantitative estimate of drug-likeness (QED) is 0.853. The van der Waals surface area contributed by atoms with Crippen LogP contribution in [0.3, 0.4) is 0 Å². The second kappa shape index (κ2) is 8.09. The van der Waals surface area contributed by atoms with Gasteiger partial charge in [-0.1, -0.05) is 0 Å². The first kappa shape index (κ1) is 17.6. The molecule has 0 saturated carbocycles. The number of hydrogen-bond donors (Lipinski definition) is 1. The van der Waals surface area contributed by atoms with E-state index in [-0.39, 0.29) is 19.0 Å². The minimum absolute atomic E-state index is 0. The van der Waals surface area contributed by atoms with E-state index in [1.807, 2.05) is 17.1 Å². The summed E-state index contributed by atoms with van der Waals surface area (Å²) in [4.78, 5) is 0. The Kier molecular flexibility index (Phi) is 6.77. The van der Waals surface area contributed by atoms with Crippen LogP contribution in [0.4, 0.5) is 8.78 Å². The number of alkyl halides is 2. The van der Waals surface area contributed by atoms with Gasteiger partial charge in [-0.25, -0.2) is 8.78 Å². The summed E-state index contributed by atoms with van der Waals surface area (Å²) in [6.45, 7) is 5.00. The van der Waals surface area contributed by atoms with E-state index >= 15 is 0 Å². The van der Waals surface area contributed by atoms with Gasteiger partial charge in [0.2, 0.25) is 0 Å². The number of hydrogen-bond acceptors (Lipinski definition) is 3. The Hall–Kier alpha value is -1.47. The molecule has 2 rings (SSSR count). The van der Waals surface area contributed by atoms with Crippen molar-refractivity contribution in [3.63, 3.8) is 0 Å². The maximum absolute atomic E-state index is 12.2. The van der Waals surface area contributed by atoms with Gasteiger partial charge in [-0.05, 0) is 19.9 Å². The smallest absolute Gasteiger partial charge is 0.257 e. The van der Waals surface area contributed by atoms with Gasteiger partial charge >= 0.3 is 0 Å². The molecule has 21 heavy (non-hydrogen) atoms. The predicted molar refractivity (Wildman–Crippen MR) is 78.6 cm³/mol. The van der Waals surface area contributed by atoms with Crippen molar-refractivity contribution in [2.45, 2.75) is 45.9 Å². The van der Waals surface area contributed by atoms with E-state index in [1.54, 1.807) is 12.3 Å². The Labute approximate surface area is 128 Å². The molecule has 0 spiro atoms. The number of nitrogens with zero attached hydrogens (tertiary/aromatic N) is 4. The van der Waals surface area contributed by atoms with Gasteiger partial charge in [0.05, 0.1) is 11.9 Å². The molecule has 0 aliphatic heterocycles. The zero-order valence-corrected chi connectivity index (χ0v) is 12.9. The van der Waals surface area contributed by atoms with Crippen molar-refractivity contribution in [1.29, 1.82) is 0 Å². The minimum atomic E-state index is -2.38. The first-order chi connectivity index (χ1) is 9.54. The topological polar surface area (TPSA) is 47.7 Å². The molecule has 0 saturated heterocycles. The molecular weight excluding hydrogens is 300 g/mol. The number of rotatable bonds is 7. The number of halogens is 3. The van der Waals surface area contributed by atoms with Crippen molar-refractivity contribution >= 4 is 12.4 Å². The maximum Gasteiger partial charge on any atom is 0.257 e. The van der Waals surface area contributed by atoms with E-state index in [4.69, 9.17) is 0 Å². The van der Waals surface area contributed by atoms with Crippen LogP contribution in [0.25, 0.3) is 0 Å². The summed E-state index contributed by atoms with van der Waals surface area (Å²) in [6, 6.07) is 2.08. The number of nitrogens with one attached hydrogen (secondary N) is 1. The van der Waals surface area contributed by atoms with Crippen LogP contribution in [0.5, 0.6) is 0 Å². The zero-order valence-electron chi connectivity index (χ0n) is 12.0. The second-order valence-corrected chi connectivity index (χ2v) is 4.95. The van der Waals surface area contributed by atoms with Gasteiger partial charge in [0.25, 0.3) is 6.43 Å². The van der Waals surface area contributed by atoms with Crippen LogP contribution in [0.1, 0.15) is 31.1 Å². The van der Waals surface area contributed by atoms with Crippen LogP contribution < -0.4 is 5.32 Å². The van der Waals surface area contributed by atoms with E-state index in [0.29, 0.717) is 19.1 Å². The molecule has 2 aromatic rings. The molecular formula is C13H20ClF2N5. The van der Waals surface area contributed by atoms with Crippen LogP contribution in [0, 0.1) is 0 Å². The SMILES string of the molecule is CC(C)n1cc(CNCc2ccn(CC(F)F)n2)cn1.Cl. The normalized spacial score (nSPS) is 11.1. The monoisotopic (exact) mass is 319 g/mol. The van der Waals surface area contributed by atoms with Gasteiger partial charge < -0.3 is 5.32 Å². The Morgan fingerprint density at radius 2 is 2.05 bits per heavy atom. The molecule has 0 bridgehead atoms. The van der Waals surface area contributed by atoms with E-state index < -0.39 is 6.43 Å². The van der Waals surface area contributed by atoms with Crippen molar-refractivity contribution in [3.05, 3.63) is 35.9 Å². The highest BCUT2D eigenvalue weighted by molar-refractivity contribution is 5.85. The van der Waals surface area contributed by atoms with Crippen molar-refractivity contribution < 1.29 is 8.78 Å².